The van der Waals surface area contributed by atoms with Gasteiger partial charge < -0.3 is 10.1 Å². The van der Waals surface area contributed by atoms with E-state index in [9.17, 15) is 4.79 Å². The van der Waals surface area contributed by atoms with Crippen LogP contribution in [0.4, 0.5) is 0 Å². The first-order chi connectivity index (χ1) is 6.79. The van der Waals surface area contributed by atoms with Crippen molar-refractivity contribution in [3.63, 3.8) is 0 Å². The van der Waals surface area contributed by atoms with Crippen LogP contribution < -0.4 is 5.32 Å². The zero-order valence-corrected chi connectivity index (χ0v) is 8.53. The van der Waals surface area contributed by atoms with Crippen LogP contribution in [0.3, 0.4) is 0 Å². The number of rotatable bonds is 4. The summed E-state index contributed by atoms with van der Waals surface area (Å²) in [6.45, 7) is 0.938. The molecule has 2 rings (SSSR count). The van der Waals surface area contributed by atoms with Crippen LogP contribution in [0.15, 0.2) is 12.2 Å². The van der Waals surface area contributed by atoms with Crippen molar-refractivity contribution in [2.45, 2.75) is 12.8 Å². The summed E-state index contributed by atoms with van der Waals surface area (Å²) in [4.78, 5) is 10.9. The highest BCUT2D eigenvalue weighted by Gasteiger charge is 2.35. The number of hydrogen-bond donors (Lipinski definition) is 1. The molecule has 78 valence electrons. The lowest BCUT2D eigenvalue weighted by Crippen LogP contribution is -2.25. The molecule has 0 spiro atoms. The molecule has 2 aliphatic rings. The SMILES string of the molecule is CNC(=O)COCC1CC2C=CC1C2. The summed E-state index contributed by atoms with van der Waals surface area (Å²) in [5.41, 5.74) is 0. The Morgan fingerprint density at radius 3 is 2.93 bits per heavy atom. The second-order valence-electron chi connectivity index (χ2n) is 4.23. The molecule has 0 heterocycles. The van der Waals surface area contributed by atoms with E-state index >= 15 is 0 Å². The van der Waals surface area contributed by atoms with E-state index in [4.69, 9.17) is 4.74 Å². The number of likely N-dealkylation sites (N-methyl/N-ethyl adjacent to an activating group) is 1. The van der Waals surface area contributed by atoms with Gasteiger partial charge in [0.15, 0.2) is 0 Å². The predicted molar refractivity (Wildman–Crippen MR) is 53.7 cm³/mol. The van der Waals surface area contributed by atoms with Crippen LogP contribution >= 0.6 is 0 Å². The van der Waals surface area contributed by atoms with E-state index in [0.29, 0.717) is 11.8 Å². The summed E-state index contributed by atoms with van der Waals surface area (Å²) in [7, 11) is 1.63. The van der Waals surface area contributed by atoms with Crippen LogP contribution in [0.25, 0.3) is 0 Å². The van der Waals surface area contributed by atoms with Crippen molar-refractivity contribution in [2.75, 3.05) is 20.3 Å². The fourth-order valence-corrected chi connectivity index (χ4v) is 2.46. The Morgan fingerprint density at radius 2 is 2.36 bits per heavy atom. The molecule has 14 heavy (non-hydrogen) atoms. The average molecular weight is 195 g/mol. The zero-order chi connectivity index (χ0) is 9.97. The molecule has 0 aromatic carbocycles. The van der Waals surface area contributed by atoms with Gasteiger partial charge in [0.25, 0.3) is 0 Å². The highest BCUT2D eigenvalue weighted by Crippen LogP contribution is 2.43. The monoisotopic (exact) mass is 195 g/mol. The van der Waals surface area contributed by atoms with Crippen molar-refractivity contribution in [3.8, 4) is 0 Å². The molecule has 2 aliphatic carbocycles. The van der Waals surface area contributed by atoms with E-state index in [2.05, 4.69) is 17.5 Å². The Morgan fingerprint density at radius 1 is 1.50 bits per heavy atom. The largest absolute Gasteiger partial charge is 0.371 e. The molecule has 3 atom stereocenters. The smallest absolute Gasteiger partial charge is 0.245 e. The normalized spacial score (nSPS) is 33.6. The van der Waals surface area contributed by atoms with Gasteiger partial charge in [0.05, 0.1) is 6.61 Å². The second kappa shape index (κ2) is 4.13. The van der Waals surface area contributed by atoms with Gasteiger partial charge in [-0.2, -0.15) is 0 Å². The molecule has 0 aromatic rings. The van der Waals surface area contributed by atoms with Crippen LogP contribution in [0, 0.1) is 17.8 Å². The molecule has 3 unspecified atom stereocenters. The fraction of sp³-hybridized carbons (Fsp3) is 0.727. The molecule has 1 fully saturated rings. The van der Waals surface area contributed by atoms with Gasteiger partial charge in [-0.05, 0) is 30.6 Å². The molecule has 3 nitrogen and oxygen atoms in total. The van der Waals surface area contributed by atoms with E-state index in [1.54, 1.807) is 7.05 Å². The molecule has 0 saturated heterocycles. The maximum absolute atomic E-state index is 10.9. The Hall–Kier alpha value is -0.830. The Bertz CT molecular complexity index is 250. The lowest BCUT2D eigenvalue weighted by molar-refractivity contribution is -0.125. The molecule has 1 N–H and O–H groups in total. The van der Waals surface area contributed by atoms with Gasteiger partial charge in [-0.1, -0.05) is 12.2 Å². The van der Waals surface area contributed by atoms with Crippen molar-refractivity contribution < 1.29 is 9.53 Å². The van der Waals surface area contributed by atoms with Crippen molar-refractivity contribution in [2.24, 2.45) is 17.8 Å². The lowest BCUT2D eigenvalue weighted by atomic mass is 9.95. The lowest BCUT2D eigenvalue weighted by Gasteiger charge is -2.17. The minimum atomic E-state index is -0.0382. The van der Waals surface area contributed by atoms with E-state index in [1.807, 2.05) is 0 Å². The summed E-state index contributed by atoms with van der Waals surface area (Å²) >= 11 is 0. The Kier molecular flexibility index (Phi) is 2.87. The first kappa shape index (κ1) is 9.71. The average Bonchev–Trinajstić information content (AvgIpc) is 2.79. The van der Waals surface area contributed by atoms with Crippen LogP contribution in [-0.2, 0) is 9.53 Å². The second-order valence-corrected chi connectivity index (χ2v) is 4.23. The Balaban J connectivity index is 1.67. The van der Waals surface area contributed by atoms with Crippen LogP contribution in [0.2, 0.25) is 0 Å². The molecule has 1 amide bonds. The molecular formula is C11H17NO2. The first-order valence-electron chi connectivity index (χ1n) is 5.26. The van der Waals surface area contributed by atoms with Gasteiger partial charge in [0.2, 0.25) is 5.91 Å². The number of carbonyl (C=O) groups excluding carboxylic acids is 1. The third-order valence-corrected chi connectivity index (χ3v) is 3.26. The van der Waals surface area contributed by atoms with Crippen molar-refractivity contribution in [1.82, 2.24) is 5.32 Å². The maximum Gasteiger partial charge on any atom is 0.245 e. The highest BCUT2D eigenvalue weighted by molar-refractivity contribution is 5.76. The number of nitrogens with one attached hydrogen (secondary N) is 1. The molecule has 0 aliphatic heterocycles. The van der Waals surface area contributed by atoms with E-state index < -0.39 is 0 Å². The summed E-state index contributed by atoms with van der Waals surface area (Å²) in [5.74, 6) is 2.11. The number of hydrogen-bond acceptors (Lipinski definition) is 2. The third-order valence-electron chi connectivity index (χ3n) is 3.26. The van der Waals surface area contributed by atoms with Gasteiger partial charge in [-0.25, -0.2) is 0 Å². The molecule has 0 aromatic heterocycles. The summed E-state index contributed by atoms with van der Waals surface area (Å²) in [5, 5.41) is 2.55. The van der Waals surface area contributed by atoms with Gasteiger partial charge >= 0.3 is 0 Å². The topological polar surface area (TPSA) is 38.3 Å². The van der Waals surface area contributed by atoms with E-state index in [1.165, 1.54) is 12.8 Å². The third kappa shape index (κ3) is 1.98. The van der Waals surface area contributed by atoms with Crippen molar-refractivity contribution >= 4 is 5.91 Å². The number of allylic oxidation sites excluding steroid dienone is 2. The van der Waals surface area contributed by atoms with Crippen LogP contribution in [-0.4, -0.2) is 26.2 Å². The molecule has 1 saturated carbocycles. The standard InChI is InChI=1S/C11H17NO2/c1-12-11(13)7-14-6-10-5-8-2-3-9(10)4-8/h2-3,8-10H,4-7H2,1H3,(H,12,13). The van der Waals surface area contributed by atoms with Gasteiger partial charge in [-0.15, -0.1) is 0 Å². The van der Waals surface area contributed by atoms with Crippen LogP contribution in [0.1, 0.15) is 12.8 Å². The number of ether oxygens (including phenoxy) is 1. The summed E-state index contributed by atoms with van der Waals surface area (Å²) in [6.07, 6.45) is 7.17. The van der Waals surface area contributed by atoms with Gasteiger partial charge in [0.1, 0.15) is 6.61 Å². The molecule has 2 bridgehead atoms. The number of amides is 1. The highest BCUT2D eigenvalue weighted by atomic mass is 16.5. The number of carbonyl (C=O) groups is 1. The molecule has 3 heteroatoms. The van der Waals surface area contributed by atoms with Gasteiger partial charge in [-0.3, -0.25) is 4.79 Å². The van der Waals surface area contributed by atoms with Crippen molar-refractivity contribution in [1.29, 1.82) is 0 Å². The molecule has 0 radical (unpaired) electrons. The summed E-state index contributed by atoms with van der Waals surface area (Å²) in [6, 6.07) is 0. The quantitative estimate of drug-likeness (QED) is 0.679. The van der Waals surface area contributed by atoms with Crippen molar-refractivity contribution in [3.05, 3.63) is 12.2 Å². The van der Waals surface area contributed by atoms with Crippen LogP contribution in [0.5, 0.6) is 0 Å². The van der Waals surface area contributed by atoms with Gasteiger partial charge in [0, 0.05) is 7.05 Å². The minimum Gasteiger partial charge on any atom is -0.371 e. The maximum atomic E-state index is 10.9. The van der Waals surface area contributed by atoms with E-state index in [0.717, 1.165) is 12.5 Å². The zero-order valence-electron chi connectivity index (χ0n) is 8.53. The minimum absolute atomic E-state index is 0.0382. The summed E-state index contributed by atoms with van der Waals surface area (Å²) < 4.78 is 5.38. The fourth-order valence-electron chi connectivity index (χ4n) is 2.46. The first-order valence-corrected chi connectivity index (χ1v) is 5.26. The molecular weight excluding hydrogens is 178 g/mol. The predicted octanol–water partition coefficient (Wildman–Crippen LogP) is 0.961. The number of fused-ring (bicyclic) bond motifs is 2. The van der Waals surface area contributed by atoms with E-state index in [-0.39, 0.29) is 12.5 Å². The Labute approximate surface area is 84.5 Å².